The fraction of sp³-hybridized carbons (Fsp3) is 0.682. The number of hydrogen-bond donors (Lipinski definition) is 1. The van der Waals surface area contributed by atoms with Crippen LogP contribution in [0.2, 0.25) is 0 Å². The molecule has 3 aliphatic rings. The Morgan fingerprint density at radius 2 is 1.96 bits per heavy atom. The number of hydrogen-bond acceptors (Lipinski definition) is 3. The third-order valence-corrected chi connectivity index (χ3v) is 6.48. The minimum absolute atomic E-state index is 0.171. The van der Waals surface area contributed by atoms with Crippen molar-refractivity contribution in [2.75, 3.05) is 26.2 Å². The lowest BCUT2D eigenvalue weighted by atomic mass is 9.57. The summed E-state index contributed by atoms with van der Waals surface area (Å²) in [4.78, 5) is 7.22. The second kappa shape index (κ2) is 7.70. The highest BCUT2D eigenvalue weighted by molar-refractivity contribution is 5.80. The quantitative estimate of drug-likeness (QED) is 0.652. The zero-order valence-corrected chi connectivity index (χ0v) is 16.9. The molecule has 3 fully saturated rings. The molecule has 2 aliphatic heterocycles. The molecule has 0 bridgehead atoms. The average molecular weight is 372 g/mol. The van der Waals surface area contributed by atoms with Gasteiger partial charge in [0.2, 0.25) is 0 Å². The molecule has 148 valence electrons. The molecule has 2 heterocycles. The van der Waals surface area contributed by atoms with Crippen molar-refractivity contribution >= 4 is 5.96 Å². The Hall–Kier alpha value is -1.75. The summed E-state index contributed by atoms with van der Waals surface area (Å²) in [6, 6.07) is 10.6. The van der Waals surface area contributed by atoms with Gasteiger partial charge in [-0.1, -0.05) is 32.0 Å². The van der Waals surface area contributed by atoms with E-state index in [1.165, 1.54) is 0 Å². The maximum absolute atomic E-state index is 6.14. The molecule has 4 rings (SSSR count). The first-order chi connectivity index (χ1) is 13.1. The van der Waals surface area contributed by atoms with Gasteiger partial charge >= 0.3 is 0 Å². The number of nitrogens with zero attached hydrogens (tertiary/aromatic N) is 2. The lowest BCUT2D eigenvalue weighted by molar-refractivity contribution is -0.107. The van der Waals surface area contributed by atoms with Gasteiger partial charge in [-0.25, -0.2) is 0 Å². The molecular formula is C22H33N3O2. The summed E-state index contributed by atoms with van der Waals surface area (Å²) < 4.78 is 12.1. The van der Waals surface area contributed by atoms with Crippen LogP contribution < -0.4 is 10.1 Å². The van der Waals surface area contributed by atoms with Crippen LogP contribution in [0.15, 0.2) is 35.3 Å². The summed E-state index contributed by atoms with van der Waals surface area (Å²) in [5.74, 6) is 2.67. The van der Waals surface area contributed by atoms with Crippen molar-refractivity contribution < 1.29 is 9.47 Å². The molecule has 0 aromatic heterocycles. The summed E-state index contributed by atoms with van der Waals surface area (Å²) in [6.07, 6.45) is 3.92. The Balaban J connectivity index is 1.34. The topological polar surface area (TPSA) is 46.1 Å². The Bertz CT molecular complexity index is 653. The molecule has 5 heteroatoms. The monoisotopic (exact) mass is 371 g/mol. The first-order valence-electron chi connectivity index (χ1n) is 10.5. The minimum atomic E-state index is 0.171. The lowest BCUT2D eigenvalue weighted by Crippen LogP contribution is -2.68. The second-order valence-electron chi connectivity index (χ2n) is 8.60. The van der Waals surface area contributed by atoms with Crippen molar-refractivity contribution in [3.63, 3.8) is 0 Å². The normalized spacial score (nSPS) is 30.6. The number of piperidine rings is 1. The van der Waals surface area contributed by atoms with Gasteiger partial charge in [0.25, 0.3) is 0 Å². The number of likely N-dealkylation sites (tertiary alicyclic amines) is 1. The van der Waals surface area contributed by atoms with Gasteiger partial charge in [0.05, 0.1) is 6.10 Å². The SMILES string of the molecule is CCN=C(NC1C2CCOC2C1(C)C)N1CCC(Oc2ccccc2)CC1. The van der Waals surface area contributed by atoms with Crippen molar-refractivity contribution in [1.82, 2.24) is 10.2 Å². The van der Waals surface area contributed by atoms with Crippen LogP contribution >= 0.6 is 0 Å². The molecule has 0 spiro atoms. The molecule has 2 saturated heterocycles. The Labute approximate surface area is 163 Å². The molecule has 5 nitrogen and oxygen atoms in total. The molecule has 1 aromatic carbocycles. The Morgan fingerprint density at radius 1 is 1.22 bits per heavy atom. The summed E-state index contributed by atoms with van der Waals surface area (Å²) in [7, 11) is 0. The Kier molecular flexibility index (Phi) is 5.31. The van der Waals surface area contributed by atoms with Gasteiger partial charge in [-0.05, 0) is 25.5 Å². The van der Waals surface area contributed by atoms with E-state index in [9.17, 15) is 0 Å². The van der Waals surface area contributed by atoms with E-state index in [0.29, 0.717) is 24.2 Å². The number of rotatable bonds is 4. The molecule has 0 amide bonds. The first kappa shape index (κ1) is 18.6. The predicted octanol–water partition coefficient (Wildman–Crippen LogP) is 3.31. The van der Waals surface area contributed by atoms with Crippen LogP contribution in [0.4, 0.5) is 0 Å². The molecule has 1 aromatic rings. The molecule has 27 heavy (non-hydrogen) atoms. The fourth-order valence-corrected chi connectivity index (χ4v) is 5.02. The van der Waals surface area contributed by atoms with E-state index in [4.69, 9.17) is 14.5 Å². The molecule has 1 saturated carbocycles. The molecule has 3 atom stereocenters. The predicted molar refractivity (Wildman–Crippen MR) is 108 cm³/mol. The average Bonchev–Trinajstić information content (AvgIpc) is 3.14. The van der Waals surface area contributed by atoms with Crippen molar-refractivity contribution in [1.29, 1.82) is 0 Å². The highest BCUT2D eigenvalue weighted by atomic mass is 16.5. The van der Waals surface area contributed by atoms with Crippen molar-refractivity contribution in [2.45, 2.75) is 58.3 Å². The molecule has 1 N–H and O–H groups in total. The van der Waals surface area contributed by atoms with Crippen LogP contribution in [0.3, 0.4) is 0 Å². The number of fused-ring (bicyclic) bond motifs is 1. The van der Waals surface area contributed by atoms with E-state index in [0.717, 1.165) is 57.2 Å². The first-order valence-corrected chi connectivity index (χ1v) is 10.5. The summed E-state index contributed by atoms with van der Waals surface area (Å²) in [5, 5.41) is 3.81. The highest BCUT2D eigenvalue weighted by Crippen LogP contribution is 2.52. The third-order valence-electron chi connectivity index (χ3n) is 6.48. The van der Waals surface area contributed by atoms with Crippen LogP contribution in [-0.2, 0) is 4.74 Å². The number of nitrogens with one attached hydrogen (secondary N) is 1. The molecular weight excluding hydrogens is 338 g/mol. The van der Waals surface area contributed by atoms with Gasteiger partial charge in [0.15, 0.2) is 5.96 Å². The number of aliphatic imine (C=N–C) groups is 1. The number of benzene rings is 1. The zero-order chi connectivity index (χ0) is 18.9. The highest BCUT2D eigenvalue weighted by Gasteiger charge is 2.59. The van der Waals surface area contributed by atoms with E-state index in [-0.39, 0.29) is 5.41 Å². The number of ether oxygens (including phenoxy) is 2. The van der Waals surface area contributed by atoms with Crippen LogP contribution in [-0.4, -0.2) is 55.4 Å². The van der Waals surface area contributed by atoms with Gasteiger partial charge < -0.3 is 19.7 Å². The Morgan fingerprint density at radius 3 is 2.67 bits per heavy atom. The van der Waals surface area contributed by atoms with Gasteiger partial charge in [-0.3, -0.25) is 4.99 Å². The summed E-state index contributed by atoms with van der Waals surface area (Å²) in [6.45, 7) is 10.4. The van der Waals surface area contributed by atoms with E-state index in [1.54, 1.807) is 0 Å². The van der Waals surface area contributed by atoms with Crippen molar-refractivity contribution in [3.05, 3.63) is 30.3 Å². The second-order valence-corrected chi connectivity index (χ2v) is 8.60. The van der Waals surface area contributed by atoms with Crippen LogP contribution in [0.1, 0.15) is 40.0 Å². The molecule has 3 unspecified atom stereocenters. The largest absolute Gasteiger partial charge is 0.490 e. The van der Waals surface area contributed by atoms with Crippen LogP contribution in [0, 0.1) is 11.3 Å². The minimum Gasteiger partial charge on any atom is -0.490 e. The summed E-state index contributed by atoms with van der Waals surface area (Å²) >= 11 is 0. The maximum atomic E-state index is 6.14. The van der Waals surface area contributed by atoms with Gasteiger partial charge in [-0.2, -0.15) is 0 Å². The van der Waals surface area contributed by atoms with Crippen molar-refractivity contribution in [3.8, 4) is 5.75 Å². The van der Waals surface area contributed by atoms with Crippen LogP contribution in [0.25, 0.3) is 0 Å². The van der Waals surface area contributed by atoms with Crippen molar-refractivity contribution in [2.24, 2.45) is 16.3 Å². The fourth-order valence-electron chi connectivity index (χ4n) is 5.02. The smallest absolute Gasteiger partial charge is 0.194 e. The number of para-hydroxylation sites is 1. The van der Waals surface area contributed by atoms with E-state index in [2.05, 4.69) is 31.0 Å². The maximum Gasteiger partial charge on any atom is 0.194 e. The van der Waals surface area contributed by atoms with Gasteiger partial charge in [0.1, 0.15) is 11.9 Å². The summed E-state index contributed by atoms with van der Waals surface area (Å²) in [5.41, 5.74) is 0.171. The van der Waals surface area contributed by atoms with E-state index >= 15 is 0 Å². The van der Waals surface area contributed by atoms with Crippen LogP contribution in [0.5, 0.6) is 5.75 Å². The van der Waals surface area contributed by atoms with Gasteiger partial charge in [-0.15, -0.1) is 0 Å². The van der Waals surface area contributed by atoms with E-state index in [1.807, 2.05) is 30.3 Å². The van der Waals surface area contributed by atoms with Gasteiger partial charge in [0, 0.05) is 56.5 Å². The third kappa shape index (κ3) is 3.66. The lowest BCUT2D eigenvalue weighted by Gasteiger charge is -2.55. The zero-order valence-electron chi connectivity index (χ0n) is 16.9. The van der Waals surface area contributed by atoms with E-state index < -0.39 is 0 Å². The number of guanidine groups is 1. The molecule has 1 aliphatic carbocycles. The molecule has 0 radical (unpaired) electrons. The standard InChI is InChI=1S/C22H33N3O2/c1-4-23-21(24-19-18-12-15-26-20(18)22(19,2)3)25-13-10-17(11-14-25)27-16-8-6-5-7-9-16/h5-9,17-20H,4,10-15H2,1-3H3,(H,23,24).